The largest absolute Gasteiger partial charge is 0.496 e. The van der Waals surface area contributed by atoms with E-state index in [1.807, 2.05) is 12.1 Å². The molecule has 1 aromatic heterocycles. The molecule has 1 aliphatic carbocycles. The SMILES string of the molecule is COc1cccc2c1C[C@H](NC(=O)c1scnc1C(C)C)C2. The number of benzene rings is 1. The molecule has 1 amide bonds. The zero-order valence-corrected chi connectivity index (χ0v) is 13.9. The monoisotopic (exact) mass is 316 g/mol. The zero-order valence-electron chi connectivity index (χ0n) is 13.1. The Balaban J connectivity index is 1.73. The number of nitrogens with one attached hydrogen (secondary N) is 1. The van der Waals surface area contributed by atoms with E-state index in [4.69, 9.17) is 4.74 Å². The number of aromatic nitrogens is 1. The molecule has 1 heterocycles. The van der Waals surface area contributed by atoms with Gasteiger partial charge in [-0.1, -0.05) is 26.0 Å². The lowest BCUT2D eigenvalue weighted by Gasteiger charge is -2.12. The summed E-state index contributed by atoms with van der Waals surface area (Å²) in [6.45, 7) is 4.12. The molecule has 1 atom stereocenters. The van der Waals surface area contributed by atoms with Crippen LogP contribution in [0.25, 0.3) is 0 Å². The molecular weight excluding hydrogens is 296 g/mol. The quantitative estimate of drug-likeness (QED) is 0.942. The van der Waals surface area contributed by atoms with Crippen LogP contribution in [0.15, 0.2) is 23.7 Å². The summed E-state index contributed by atoms with van der Waals surface area (Å²) >= 11 is 1.41. The number of carbonyl (C=O) groups is 1. The fourth-order valence-electron chi connectivity index (χ4n) is 3.00. The van der Waals surface area contributed by atoms with Crippen LogP contribution in [0.4, 0.5) is 0 Å². The number of nitrogens with zero attached hydrogens (tertiary/aromatic N) is 1. The third kappa shape index (κ3) is 2.73. The van der Waals surface area contributed by atoms with Crippen LogP contribution in [0, 0.1) is 0 Å². The number of hydrogen-bond acceptors (Lipinski definition) is 4. The van der Waals surface area contributed by atoms with Crippen LogP contribution in [0.2, 0.25) is 0 Å². The van der Waals surface area contributed by atoms with E-state index in [9.17, 15) is 4.79 Å². The number of fused-ring (bicyclic) bond motifs is 1. The number of hydrogen-bond donors (Lipinski definition) is 1. The first kappa shape index (κ1) is 15.0. The normalized spacial score (nSPS) is 16.6. The molecule has 4 nitrogen and oxygen atoms in total. The van der Waals surface area contributed by atoms with Crippen LogP contribution in [-0.2, 0) is 12.8 Å². The highest BCUT2D eigenvalue weighted by Gasteiger charge is 2.27. The lowest BCUT2D eigenvalue weighted by Crippen LogP contribution is -2.35. The highest BCUT2D eigenvalue weighted by atomic mass is 32.1. The predicted molar refractivity (Wildman–Crippen MR) is 87.9 cm³/mol. The summed E-state index contributed by atoms with van der Waals surface area (Å²) in [7, 11) is 1.69. The van der Waals surface area contributed by atoms with E-state index in [0.717, 1.165) is 29.2 Å². The summed E-state index contributed by atoms with van der Waals surface area (Å²) in [4.78, 5) is 17.6. The van der Waals surface area contributed by atoms with E-state index in [0.29, 0.717) is 0 Å². The lowest BCUT2D eigenvalue weighted by atomic mass is 10.1. The molecule has 1 N–H and O–H groups in total. The molecule has 0 radical (unpaired) electrons. The Kier molecular flexibility index (Phi) is 4.16. The predicted octanol–water partition coefficient (Wildman–Crippen LogP) is 3.17. The Bertz CT molecular complexity index is 694. The molecule has 0 bridgehead atoms. The van der Waals surface area contributed by atoms with Gasteiger partial charge in [-0.3, -0.25) is 4.79 Å². The van der Waals surface area contributed by atoms with E-state index < -0.39 is 0 Å². The van der Waals surface area contributed by atoms with Crippen molar-refractivity contribution < 1.29 is 9.53 Å². The first-order chi connectivity index (χ1) is 10.6. The van der Waals surface area contributed by atoms with Crippen molar-refractivity contribution in [2.75, 3.05) is 7.11 Å². The van der Waals surface area contributed by atoms with Crippen LogP contribution in [-0.4, -0.2) is 24.0 Å². The van der Waals surface area contributed by atoms with Crippen LogP contribution in [0.1, 0.15) is 46.3 Å². The summed E-state index contributed by atoms with van der Waals surface area (Å²) in [6.07, 6.45) is 1.68. The van der Waals surface area contributed by atoms with Gasteiger partial charge in [-0.25, -0.2) is 4.98 Å². The Morgan fingerprint density at radius 3 is 2.95 bits per heavy atom. The van der Waals surface area contributed by atoms with Gasteiger partial charge in [-0.05, 0) is 36.0 Å². The Labute approximate surface area is 134 Å². The number of amides is 1. The topological polar surface area (TPSA) is 51.2 Å². The van der Waals surface area contributed by atoms with Gasteiger partial charge in [0.05, 0.1) is 18.3 Å². The van der Waals surface area contributed by atoms with Crippen LogP contribution in [0.5, 0.6) is 5.75 Å². The van der Waals surface area contributed by atoms with E-state index >= 15 is 0 Å². The van der Waals surface area contributed by atoms with Gasteiger partial charge >= 0.3 is 0 Å². The second-order valence-corrected chi connectivity index (χ2v) is 6.75. The van der Waals surface area contributed by atoms with Gasteiger partial charge in [0.2, 0.25) is 0 Å². The zero-order chi connectivity index (χ0) is 15.7. The molecule has 22 heavy (non-hydrogen) atoms. The Morgan fingerprint density at radius 1 is 1.41 bits per heavy atom. The number of methoxy groups -OCH3 is 1. The molecule has 0 saturated carbocycles. The number of thiazole rings is 1. The van der Waals surface area contributed by atoms with Crippen molar-refractivity contribution >= 4 is 17.2 Å². The van der Waals surface area contributed by atoms with Crippen LogP contribution >= 0.6 is 11.3 Å². The molecule has 0 saturated heterocycles. The highest BCUT2D eigenvalue weighted by Crippen LogP contribution is 2.31. The second-order valence-electron chi connectivity index (χ2n) is 5.90. The third-order valence-electron chi connectivity index (χ3n) is 4.05. The average Bonchev–Trinajstić information content (AvgIpc) is 3.12. The fraction of sp³-hybridized carbons (Fsp3) is 0.412. The van der Waals surface area contributed by atoms with Crippen LogP contribution < -0.4 is 10.1 Å². The van der Waals surface area contributed by atoms with Crippen molar-refractivity contribution in [3.63, 3.8) is 0 Å². The second kappa shape index (κ2) is 6.08. The fourth-order valence-corrected chi connectivity index (χ4v) is 3.85. The minimum atomic E-state index is -0.0111. The molecule has 1 aliphatic rings. The molecule has 3 rings (SSSR count). The van der Waals surface area contributed by atoms with Crippen molar-refractivity contribution in [2.45, 2.75) is 38.6 Å². The summed E-state index contributed by atoms with van der Waals surface area (Å²) in [5.41, 5.74) is 5.11. The number of rotatable bonds is 4. The minimum Gasteiger partial charge on any atom is -0.496 e. The summed E-state index contributed by atoms with van der Waals surface area (Å²) < 4.78 is 5.41. The Hall–Kier alpha value is -1.88. The Morgan fingerprint density at radius 2 is 2.23 bits per heavy atom. The summed E-state index contributed by atoms with van der Waals surface area (Å²) in [5.74, 6) is 1.16. The first-order valence-corrected chi connectivity index (χ1v) is 8.37. The molecule has 0 unspecified atom stereocenters. The highest BCUT2D eigenvalue weighted by molar-refractivity contribution is 7.11. The van der Waals surface area contributed by atoms with E-state index in [2.05, 4.69) is 30.2 Å². The van der Waals surface area contributed by atoms with Crippen molar-refractivity contribution in [3.8, 4) is 5.75 Å². The molecule has 116 valence electrons. The smallest absolute Gasteiger partial charge is 0.263 e. The maximum absolute atomic E-state index is 12.5. The molecular formula is C17H20N2O2S. The van der Waals surface area contributed by atoms with Gasteiger partial charge < -0.3 is 10.1 Å². The molecule has 2 aromatic rings. The van der Waals surface area contributed by atoms with Gasteiger partial charge in [0.1, 0.15) is 10.6 Å². The molecule has 1 aromatic carbocycles. The van der Waals surface area contributed by atoms with Crippen LogP contribution in [0.3, 0.4) is 0 Å². The van der Waals surface area contributed by atoms with Gasteiger partial charge in [0.25, 0.3) is 5.91 Å². The third-order valence-corrected chi connectivity index (χ3v) is 4.89. The molecule has 5 heteroatoms. The molecule has 0 fully saturated rings. The van der Waals surface area contributed by atoms with Crippen molar-refractivity contribution in [1.82, 2.24) is 10.3 Å². The number of carbonyl (C=O) groups excluding carboxylic acids is 1. The van der Waals surface area contributed by atoms with Crippen molar-refractivity contribution in [2.24, 2.45) is 0 Å². The lowest BCUT2D eigenvalue weighted by molar-refractivity contribution is 0.0941. The van der Waals surface area contributed by atoms with Gasteiger partial charge in [-0.15, -0.1) is 11.3 Å². The van der Waals surface area contributed by atoms with Gasteiger partial charge in [-0.2, -0.15) is 0 Å². The summed E-state index contributed by atoms with van der Waals surface area (Å²) in [5, 5.41) is 3.15. The molecule has 0 aliphatic heterocycles. The van der Waals surface area contributed by atoms with Gasteiger partial charge in [0, 0.05) is 6.04 Å². The minimum absolute atomic E-state index is 0.0111. The standard InChI is InChI=1S/C17H20N2O2S/c1-10(2)15-16(22-9-18-15)17(20)19-12-7-11-5-4-6-14(21-3)13(11)8-12/h4-6,9-10,12H,7-8H2,1-3H3,(H,19,20)/t12-/m1/s1. The van der Waals surface area contributed by atoms with E-state index in [1.165, 1.54) is 22.5 Å². The van der Waals surface area contributed by atoms with Gasteiger partial charge in [0.15, 0.2) is 0 Å². The van der Waals surface area contributed by atoms with E-state index in [1.54, 1.807) is 12.6 Å². The maximum atomic E-state index is 12.5. The molecule has 0 spiro atoms. The van der Waals surface area contributed by atoms with E-state index in [-0.39, 0.29) is 17.9 Å². The summed E-state index contributed by atoms with van der Waals surface area (Å²) in [6, 6.07) is 6.21. The van der Waals surface area contributed by atoms with Crippen molar-refractivity contribution in [1.29, 1.82) is 0 Å². The number of ether oxygens (including phenoxy) is 1. The van der Waals surface area contributed by atoms with Crippen molar-refractivity contribution in [3.05, 3.63) is 45.4 Å². The average molecular weight is 316 g/mol. The maximum Gasteiger partial charge on any atom is 0.263 e. The first-order valence-electron chi connectivity index (χ1n) is 7.49.